The van der Waals surface area contributed by atoms with Crippen molar-refractivity contribution >= 4 is 28.1 Å². The number of methoxy groups -OCH3 is 2. The van der Waals surface area contributed by atoms with E-state index in [0.717, 1.165) is 16.8 Å². The van der Waals surface area contributed by atoms with Crippen LogP contribution in [0.3, 0.4) is 0 Å². The molecule has 0 unspecified atom stereocenters. The molecule has 224 valence electrons. The highest BCUT2D eigenvalue weighted by Crippen LogP contribution is 2.49. The molecular weight excluding hydrogens is 564 g/mol. The van der Waals surface area contributed by atoms with E-state index >= 15 is 0 Å². The van der Waals surface area contributed by atoms with Crippen molar-refractivity contribution in [3.05, 3.63) is 120 Å². The van der Waals surface area contributed by atoms with E-state index in [1.54, 1.807) is 6.07 Å². The van der Waals surface area contributed by atoms with Crippen LogP contribution < -0.4 is 19.5 Å². The minimum atomic E-state index is -0.110. The Morgan fingerprint density at radius 2 is 1.29 bits per heavy atom. The van der Waals surface area contributed by atoms with Crippen molar-refractivity contribution in [2.24, 2.45) is 0 Å². The van der Waals surface area contributed by atoms with Crippen LogP contribution in [0.1, 0.15) is 29.8 Å². The summed E-state index contributed by atoms with van der Waals surface area (Å²) < 4.78 is 17.4. The highest BCUT2D eigenvalue weighted by molar-refractivity contribution is 6.29. The van der Waals surface area contributed by atoms with Gasteiger partial charge in [0.1, 0.15) is 17.0 Å². The summed E-state index contributed by atoms with van der Waals surface area (Å²) >= 11 is 0. The monoisotopic (exact) mass is 596 g/mol. The number of aromatic nitrogens is 1. The molecule has 0 atom stereocenters. The second-order valence-electron chi connectivity index (χ2n) is 10.1. The highest BCUT2D eigenvalue weighted by Gasteiger charge is 2.31. The van der Waals surface area contributed by atoms with E-state index in [1.165, 1.54) is 20.3 Å². The third kappa shape index (κ3) is 5.29. The average Bonchev–Trinajstić information content (AvgIpc) is 3.09. The topological polar surface area (TPSA) is 89.9 Å². The van der Waals surface area contributed by atoms with Crippen LogP contribution in [0.25, 0.3) is 33.3 Å². The molecule has 7 heteroatoms. The second-order valence-corrected chi connectivity index (χ2v) is 10.1. The molecule has 7 nitrogen and oxygen atoms in total. The van der Waals surface area contributed by atoms with E-state index in [4.69, 9.17) is 19.2 Å². The zero-order valence-corrected chi connectivity index (χ0v) is 25.4. The third-order valence-electron chi connectivity index (χ3n) is 7.54. The number of nitrogens with one attached hydrogen (secondary N) is 1. The van der Waals surface area contributed by atoms with Crippen molar-refractivity contribution in [2.45, 2.75) is 13.8 Å². The predicted octanol–water partition coefficient (Wildman–Crippen LogP) is 9.40. The summed E-state index contributed by atoms with van der Waals surface area (Å²) in [6.07, 6.45) is 0. The summed E-state index contributed by atoms with van der Waals surface area (Å²) in [5.74, 6) is 1.79. The van der Waals surface area contributed by atoms with Crippen LogP contribution >= 0.6 is 0 Å². The molecule has 0 aliphatic heterocycles. The zero-order chi connectivity index (χ0) is 31.5. The van der Waals surface area contributed by atoms with Gasteiger partial charge in [0, 0.05) is 34.3 Å². The lowest BCUT2D eigenvalue weighted by Crippen LogP contribution is -2.14. The molecule has 7 rings (SSSR count). The number of ketones is 1. The van der Waals surface area contributed by atoms with E-state index in [1.807, 2.05) is 111 Å². The summed E-state index contributed by atoms with van der Waals surface area (Å²) in [5.41, 5.74) is 5.51. The Balaban J connectivity index is 0.00000175. The van der Waals surface area contributed by atoms with Crippen LogP contribution in [-0.4, -0.2) is 30.1 Å². The standard InChI is InChI=1S/C36H26N2O5.C2H6/c1-41-30-18-26(29(39)20-31(30)42-2)27-17-25-23-15-9-10-16-24(23)36(40)34-28(37-21-11-5-3-6-12-21)19-32(35(38-27)33(25)34)43-22-13-7-4-8-14-22;1-2/h3-20,37,39H,1-2H3;1-2H3. The Morgan fingerprint density at radius 3 is 1.98 bits per heavy atom. The Kier molecular flexibility index (Phi) is 8.08. The number of nitrogens with zero attached hydrogens (tertiary/aromatic N) is 1. The maximum absolute atomic E-state index is 14.2. The smallest absolute Gasteiger partial charge is 0.196 e. The van der Waals surface area contributed by atoms with Gasteiger partial charge in [0.25, 0.3) is 0 Å². The fourth-order valence-electron chi connectivity index (χ4n) is 5.56. The number of phenols is 1. The maximum atomic E-state index is 14.2. The zero-order valence-electron chi connectivity index (χ0n) is 25.4. The number of anilines is 2. The van der Waals surface area contributed by atoms with Gasteiger partial charge in [0.2, 0.25) is 0 Å². The van der Waals surface area contributed by atoms with Gasteiger partial charge < -0.3 is 24.6 Å². The molecule has 2 N–H and O–H groups in total. The predicted molar refractivity (Wildman–Crippen MR) is 178 cm³/mol. The first kappa shape index (κ1) is 29.3. The van der Waals surface area contributed by atoms with E-state index in [-0.39, 0.29) is 11.5 Å². The second kappa shape index (κ2) is 12.4. The molecule has 0 bridgehead atoms. The first-order valence-electron chi connectivity index (χ1n) is 14.7. The van der Waals surface area contributed by atoms with Gasteiger partial charge in [-0.1, -0.05) is 74.5 Å². The van der Waals surface area contributed by atoms with Gasteiger partial charge in [0.15, 0.2) is 23.0 Å². The van der Waals surface area contributed by atoms with Gasteiger partial charge in [-0.25, -0.2) is 4.98 Å². The molecule has 45 heavy (non-hydrogen) atoms. The number of carbonyl (C=O) groups excluding carboxylic acids is 1. The van der Waals surface area contributed by atoms with Crippen molar-refractivity contribution in [3.8, 4) is 51.1 Å². The third-order valence-corrected chi connectivity index (χ3v) is 7.54. The van der Waals surface area contributed by atoms with E-state index < -0.39 is 0 Å². The number of rotatable bonds is 7. The molecule has 0 amide bonds. The van der Waals surface area contributed by atoms with Crippen molar-refractivity contribution < 1.29 is 24.1 Å². The first-order chi connectivity index (χ1) is 22.1. The van der Waals surface area contributed by atoms with E-state index in [0.29, 0.717) is 62.0 Å². The number of ether oxygens (including phenoxy) is 3. The molecule has 1 aliphatic rings. The van der Waals surface area contributed by atoms with Gasteiger partial charge in [-0.15, -0.1) is 0 Å². The van der Waals surface area contributed by atoms with Crippen molar-refractivity contribution in [3.63, 3.8) is 0 Å². The molecule has 1 aromatic heterocycles. The molecular formula is C38H32N2O5. The van der Waals surface area contributed by atoms with Crippen molar-refractivity contribution in [2.75, 3.05) is 19.5 Å². The summed E-state index contributed by atoms with van der Waals surface area (Å²) in [5, 5.41) is 15.2. The molecule has 0 spiro atoms. The molecule has 0 saturated heterocycles. The number of carbonyl (C=O) groups is 1. The highest BCUT2D eigenvalue weighted by atomic mass is 16.5. The number of benzene rings is 5. The SMILES string of the molecule is CC.COc1cc(O)c(-c2cc3c4c(c(Nc5ccccc5)cc(Oc5ccccc5)c4n2)C(=O)c2ccccc2-3)cc1OC. The van der Waals surface area contributed by atoms with Crippen LogP contribution in [0.4, 0.5) is 11.4 Å². The Hall–Kier alpha value is -5.82. The minimum absolute atomic E-state index is 0.0232. The maximum Gasteiger partial charge on any atom is 0.196 e. The number of pyridine rings is 1. The summed E-state index contributed by atoms with van der Waals surface area (Å²) in [6.45, 7) is 4.00. The normalized spacial score (nSPS) is 11.2. The van der Waals surface area contributed by atoms with Crippen LogP contribution in [0.5, 0.6) is 28.7 Å². The Labute approximate surface area is 261 Å². The summed E-state index contributed by atoms with van der Waals surface area (Å²) in [4.78, 5) is 19.2. The first-order valence-corrected chi connectivity index (χ1v) is 14.7. The number of aromatic hydroxyl groups is 1. The number of para-hydroxylation sites is 2. The van der Waals surface area contributed by atoms with Crippen LogP contribution in [0, 0.1) is 0 Å². The lowest BCUT2D eigenvalue weighted by Gasteiger charge is -2.25. The van der Waals surface area contributed by atoms with Crippen LogP contribution in [-0.2, 0) is 0 Å². The number of fused-ring (bicyclic) bond motifs is 2. The largest absolute Gasteiger partial charge is 0.507 e. The minimum Gasteiger partial charge on any atom is -0.507 e. The quantitative estimate of drug-likeness (QED) is 0.189. The van der Waals surface area contributed by atoms with Crippen LogP contribution in [0.15, 0.2) is 109 Å². The van der Waals surface area contributed by atoms with Gasteiger partial charge >= 0.3 is 0 Å². The number of phenolic OH excluding ortho intramolecular Hbond substituents is 1. The van der Waals surface area contributed by atoms with Crippen molar-refractivity contribution in [1.82, 2.24) is 4.98 Å². The van der Waals surface area contributed by atoms with Gasteiger partial charge in [-0.05, 0) is 47.5 Å². The van der Waals surface area contributed by atoms with Crippen LogP contribution in [0.2, 0.25) is 0 Å². The molecule has 0 radical (unpaired) electrons. The number of hydrogen-bond donors (Lipinski definition) is 2. The van der Waals surface area contributed by atoms with E-state index in [2.05, 4.69) is 5.32 Å². The average molecular weight is 597 g/mol. The van der Waals surface area contributed by atoms with Gasteiger partial charge in [-0.3, -0.25) is 4.79 Å². The van der Waals surface area contributed by atoms with Crippen molar-refractivity contribution in [1.29, 1.82) is 0 Å². The molecule has 1 aliphatic carbocycles. The summed E-state index contributed by atoms with van der Waals surface area (Å²) in [7, 11) is 3.05. The van der Waals surface area contributed by atoms with Gasteiger partial charge in [-0.2, -0.15) is 0 Å². The lowest BCUT2D eigenvalue weighted by molar-refractivity contribution is 0.104. The number of hydrogen-bond acceptors (Lipinski definition) is 7. The van der Waals surface area contributed by atoms with Gasteiger partial charge in [0.05, 0.1) is 31.2 Å². The Bertz CT molecular complexity index is 2020. The lowest BCUT2D eigenvalue weighted by atomic mass is 9.82. The molecule has 0 saturated carbocycles. The molecule has 1 heterocycles. The molecule has 0 fully saturated rings. The fraction of sp³-hybridized carbons (Fsp3) is 0.105. The Morgan fingerprint density at radius 1 is 0.667 bits per heavy atom. The molecule has 5 aromatic carbocycles. The summed E-state index contributed by atoms with van der Waals surface area (Å²) in [6, 6.07) is 33.6. The fourth-order valence-corrected chi connectivity index (χ4v) is 5.56. The molecule has 6 aromatic rings. The van der Waals surface area contributed by atoms with E-state index in [9.17, 15) is 9.90 Å².